The van der Waals surface area contributed by atoms with E-state index in [1.807, 2.05) is 6.92 Å². The molecule has 0 aliphatic carbocycles. The predicted octanol–water partition coefficient (Wildman–Crippen LogP) is 0.943. The normalized spacial score (nSPS) is 25.3. The van der Waals surface area contributed by atoms with Crippen LogP contribution in [0.1, 0.15) is 19.8 Å². The lowest BCUT2D eigenvalue weighted by atomic mass is 9.97. The second-order valence-corrected chi connectivity index (χ2v) is 3.97. The highest BCUT2D eigenvalue weighted by molar-refractivity contribution is 5.70. The quantitative estimate of drug-likeness (QED) is 0.729. The SMILES string of the molecule is C[C@H](C#N)CN1CCC[C@@H](C(=O)O)C1. The molecule has 78 valence electrons. The summed E-state index contributed by atoms with van der Waals surface area (Å²) < 4.78 is 0. The van der Waals surface area contributed by atoms with Crippen molar-refractivity contribution < 1.29 is 9.90 Å². The molecule has 2 atom stereocenters. The molecule has 1 rings (SSSR count). The van der Waals surface area contributed by atoms with E-state index in [-0.39, 0.29) is 11.8 Å². The Morgan fingerprint density at radius 2 is 2.50 bits per heavy atom. The Bertz CT molecular complexity index is 247. The number of nitriles is 1. The van der Waals surface area contributed by atoms with Gasteiger partial charge in [0.15, 0.2) is 0 Å². The van der Waals surface area contributed by atoms with Gasteiger partial charge in [-0.3, -0.25) is 4.79 Å². The number of carboxylic acids is 1. The Kier molecular flexibility index (Phi) is 3.90. The average Bonchev–Trinajstić information content (AvgIpc) is 2.18. The average molecular weight is 196 g/mol. The molecule has 0 unspecified atom stereocenters. The third-order valence-corrected chi connectivity index (χ3v) is 2.61. The molecule has 14 heavy (non-hydrogen) atoms. The number of carboxylic acid groups (broad SMARTS) is 1. The van der Waals surface area contributed by atoms with Crippen LogP contribution in [0.3, 0.4) is 0 Å². The fraction of sp³-hybridized carbons (Fsp3) is 0.800. The van der Waals surface area contributed by atoms with Gasteiger partial charge in [-0.15, -0.1) is 0 Å². The molecule has 0 spiro atoms. The Balaban J connectivity index is 2.41. The summed E-state index contributed by atoms with van der Waals surface area (Å²) in [4.78, 5) is 12.8. The topological polar surface area (TPSA) is 64.3 Å². The second-order valence-electron chi connectivity index (χ2n) is 3.97. The standard InChI is InChI=1S/C10H16N2O2/c1-8(5-11)6-12-4-2-3-9(7-12)10(13)14/h8-9H,2-4,6-7H2,1H3,(H,13,14)/t8-,9-/m1/s1. The van der Waals surface area contributed by atoms with Crippen molar-refractivity contribution in [1.29, 1.82) is 5.26 Å². The van der Waals surface area contributed by atoms with Crippen LogP contribution in [-0.2, 0) is 4.79 Å². The van der Waals surface area contributed by atoms with Gasteiger partial charge < -0.3 is 10.0 Å². The third kappa shape index (κ3) is 3.00. The van der Waals surface area contributed by atoms with E-state index >= 15 is 0 Å². The summed E-state index contributed by atoms with van der Waals surface area (Å²) in [6.07, 6.45) is 1.70. The third-order valence-electron chi connectivity index (χ3n) is 2.61. The van der Waals surface area contributed by atoms with Crippen molar-refractivity contribution in [2.75, 3.05) is 19.6 Å². The van der Waals surface area contributed by atoms with Gasteiger partial charge in [0, 0.05) is 13.1 Å². The molecule has 0 radical (unpaired) electrons. The minimum atomic E-state index is -0.709. The van der Waals surface area contributed by atoms with Gasteiger partial charge in [0.25, 0.3) is 0 Å². The summed E-state index contributed by atoms with van der Waals surface area (Å²) >= 11 is 0. The molecule has 4 heteroatoms. The fourth-order valence-corrected chi connectivity index (χ4v) is 1.85. The van der Waals surface area contributed by atoms with Gasteiger partial charge in [-0.2, -0.15) is 5.26 Å². The number of rotatable bonds is 3. The molecule has 0 aromatic heterocycles. The highest BCUT2D eigenvalue weighted by Crippen LogP contribution is 2.17. The Labute approximate surface area is 84.1 Å². The van der Waals surface area contributed by atoms with Crippen LogP contribution in [0.4, 0.5) is 0 Å². The minimum Gasteiger partial charge on any atom is -0.481 e. The molecule has 0 bridgehead atoms. The maximum absolute atomic E-state index is 10.8. The molecular formula is C10H16N2O2. The van der Waals surface area contributed by atoms with Crippen LogP contribution >= 0.6 is 0 Å². The van der Waals surface area contributed by atoms with Crippen molar-refractivity contribution in [3.63, 3.8) is 0 Å². The van der Waals surface area contributed by atoms with Gasteiger partial charge in [-0.25, -0.2) is 0 Å². The zero-order chi connectivity index (χ0) is 10.6. The van der Waals surface area contributed by atoms with Gasteiger partial charge in [0.05, 0.1) is 17.9 Å². The van der Waals surface area contributed by atoms with E-state index in [0.29, 0.717) is 13.1 Å². The van der Waals surface area contributed by atoms with E-state index in [1.165, 1.54) is 0 Å². The molecule has 1 saturated heterocycles. The van der Waals surface area contributed by atoms with Crippen molar-refractivity contribution in [3.05, 3.63) is 0 Å². The molecule has 1 fully saturated rings. The van der Waals surface area contributed by atoms with Crippen molar-refractivity contribution in [1.82, 2.24) is 4.90 Å². The number of piperidine rings is 1. The lowest BCUT2D eigenvalue weighted by Crippen LogP contribution is -2.40. The molecule has 0 saturated carbocycles. The van der Waals surface area contributed by atoms with Gasteiger partial charge in [-0.1, -0.05) is 0 Å². The second kappa shape index (κ2) is 4.97. The zero-order valence-electron chi connectivity index (χ0n) is 8.44. The van der Waals surface area contributed by atoms with Crippen LogP contribution in [0.25, 0.3) is 0 Å². The van der Waals surface area contributed by atoms with Crippen LogP contribution in [0.2, 0.25) is 0 Å². The fourth-order valence-electron chi connectivity index (χ4n) is 1.85. The first-order chi connectivity index (χ1) is 6.63. The molecule has 0 aromatic rings. The number of carbonyl (C=O) groups is 1. The maximum atomic E-state index is 10.8. The van der Waals surface area contributed by atoms with Crippen molar-refractivity contribution >= 4 is 5.97 Å². The van der Waals surface area contributed by atoms with E-state index in [4.69, 9.17) is 10.4 Å². The molecule has 1 heterocycles. The molecule has 0 aromatic carbocycles. The Hall–Kier alpha value is -1.08. The van der Waals surface area contributed by atoms with E-state index in [1.54, 1.807) is 0 Å². The van der Waals surface area contributed by atoms with E-state index < -0.39 is 5.97 Å². The first-order valence-electron chi connectivity index (χ1n) is 4.98. The van der Waals surface area contributed by atoms with Crippen molar-refractivity contribution in [2.45, 2.75) is 19.8 Å². The summed E-state index contributed by atoms with van der Waals surface area (Å²) in [6, 6.07) is 2.17. The van der Waals surface area contributed by atoms with Gasteiger partial charge >= 0.3 is 5.97 Å². The van der Waals surface area contributed by atoms with Crippen LogP contribution in [0.5, 0.6) is 0 Å². The van der Waals surface area contributed by atoms with Crippen molar-refractivity contribution in [2.24, 2.45) is 11.8 Å². The molecule has 1 aliphatic rings. The predicted molar refractivity (Wildman–Crippen MR) is 51.6 cm³/mol. The zero-order valence-corrected chi connectivity index (χ0v) is 8.44. The largest absolute Gasteiger partial charge is 0.481 e. The first kappa shape index (κ1) is 11.0. The maximum Gasteiger partial charge on any atom is 0.307 e. The number of hydrogen-bond donors (Lipinski definition) is 1. The smallest absolute Gasteiger partial charge is 0.307 e. The molecule has 1 N–H and O–H groups in total. The number of likely N-dealkylation sites (tertiary alicyclic amines) is 1. The van der Waals surface area contributed by atoms with Gasteiger partial charge in [-0.05, 0) is 26.3 Å². The minimum absolute atomic E-state index is 0.0115. The summed E-state index contributed by atoms with van der Waals surface area (Å²) in [5.74, 6) is -0.962. The molecule has 1 aliphatic heterocycles. The highest BCUT2D eigenvalue weighted by atomic mass is 16.4. The summed E-state index contributed by atoms with van der Waals surface area (Å²) in [5, 5.41) is 17.5. The highest BCUT2D eigenvalue weighted by Gasteiger charge is 2.25. The van der Waals surface area contributed by atoms with Crippen LogP contribution < -0.4 is 0 Å². The summed E-state index contributed by atoms with van der Waals surface area (Å²) in [6.45, 7) is 4.09. The number of nitrogens with zero attached hydrogens (tertiary/aromatic N) is 2. The lowest BCUT2D eigenvalue weighted by molar-refractivity contribution is -0.143. The molecule has 4 nitrogen and oxygen atoms in total. The van der Waals surface area contributed by atoms with Crippen LogP contribution in [0.15, 0.2) is 0 Å². The van der Waals surface area contributed by atoms with Crippen LogP contribution in [0, 0.1) is 23.2 Å². The van der Waals surface area contributed by atoms with E-state index in [0.717, 1.165) is 19.4 Å². The monoisotopic (exact) mass is 196 g/mol. The first-order valence-corrected chi connectivity index (χ1v) is 4.98. The number of aliphatic carboxylic acids is 1. The Morgan fingerprint density at radius 3 is 3.07 bits per heavy atom. The summed E-state index contributed by atoms with van der Waals surface area (Å²) in [5.41, 5.74) is 0. The van der Waals surface area contributed by atoms with Crippen molar-refractivity contribution in [3.8, 4) is 6.07 Å². The molecule has 0 amide bonds. The van der Waals surface area contributed by atoms with Crippen LogP contribution in [-0.4, -0.2) is 35.6 Å². The Morgan fingerprint density at radius 1 is 1.79 bits per heavy atom. The van der Waals surface area contributed by atoms with E-state index in [9.17, 15) is 4.79 Å². The molecular weight excluding hydrogens is 180 g/mol. The van der Waals surface area contributed by atoms with Gasteiger partial charge in [0.1, 0.15) is 0 Å². The summed E-state index contributed by atoms with van der Waals surface area (Å²) in [7, 11) is 0. The van der Waals surface area contributed by atoms with Gasteiger partial charge in [0.2, 0.25) is 0 Å². The number of hydrogen-bond acceptors (Lipinski definition) is 3. The van der Waals surface area contributed by atoms with E-state index in [2.05, 4.69) is 11.0 Å². The lowest BCUT2D eigenvalue weighted by Gasteiger charge is -2.31.